The Morgan fingerprint density at radius 1 is 0.972 bits per heavy atom. The monoisotopic (exact) mass is 484 g/mol. The second-order valence-electron chi connectivity index (χ2n) is 10.6. The minimum atomic E-state index is -0.627. The molecule has 0 bridgehead atoms. The van der Waals surface area contributed by atoms with E-state index in [2.05, 4.69) is 43.4 Å². The molecular weight excluding hydrogens is 448 g/mol. The highest BCUT2D eigenvalue weighted by molar-refractivity contribution is 6.00. The van der Waals surface area contributed by atoms with Crippen molar-refractivity contribution in [2.24, 2.45) is 11.3 Å². The summed E-state index contributed by atoms with van der Waals surface area (Å²) in [5.41, 5.74) is 2.94. The number of nitrogens with one attached hydrogen (secondary N) is 1. The van der Waals surface area contributed by atoms with E-state index in [1.165, 1.54) is 0 Å². The molecule has 36 heavy (non-hydrogen) atoms. The molecule has 0 aromatic heterocycles. The predicted molar refractivity (Wildman–Crippen MR) is 145 cm³/mol. The van der Waals surface area contributed by atoms with Gasteiger partial charge >= 0.3 is 0 Å². The Hall–Kier alpha value is -3.60. The van der Waals surface area contributed by atoms with Crippen LogP contribution in [0.2, 0.25) is 0 Å². The highest BCUT2D eigenvalue weighted by atomic mass is 16.5. The molecule has 5 nitrogen and oxygen atoms in total. The van der Waals surface area contributed by atoms with E-state index in [1.54, 1.807) is 0 Å². The van der Waals surface area contributed by atoms with Crippen LogP contribution in [-0.4, -0.2) is 25.0 Å². The van der Waals surface area contributed by atoms with Crippen molar-refractivity contribution in [1.82, 2.24) is 0 Å². The largest absolute Gasteiger partial charge is 0.490 e. The van der Waals surface area contributed by atoms with Crippen LogP contribution < -0.4 is 15.0 Å². The Morgan fingerprint density at radius 3 is 2.17 bits per heavy atom. The van der Waals surface area contributed by atoms with Crippen LogP contribution in [0.1, 0.15) is 57.6 Å². The maximum atomic E-state index is 13.4. The first-order chi connectivity index (χ1) is 17.2. The van der Waals surface area contributed by atoms with Crippen molar-refractivity contribution in [3.8, 4) is 5.75 Å². The van der Waals surface area contributed by atoms with Crippen LogP contribution in [-0.2, 0) is 9.59 Å². The fourth-order valence-electron chi connectivity index (χ4n) is 4.53. The standard InChI is InChI=1S/C31H36N2O3/c1-22(2)17-18-33-27-19-25(15-16-28(27)36-21-31(3,4)30(33)35)32-29(34)20-26(23-11-7-5-8-12-23)24-13-9-6-10-14-24/h5-16,19,22,26H,17-18,20-21H2,1-4H3,(H,32,34). The number of ether oxygens (including phenoxy) is 1. The average molecular weight is 485 g/mol. The van der Waals surface area contributed by atoms with Crippen LogP contribution in [0.3, 0.4) is 0 Å². The number of hydrogen-bond acceptors (Lipinski definition) is 3. The van der Waals surface area contributed by atoms with E-state index < -0.39 is 5.41 Å². The summed E-state index contributed by atoms with van der Waals surface area (Å²) >= 11 is 0. The van der Waals surface area contributed by atoms with Crippen molar-refractivity contribution in [3.63, 3.8) is 0 Å². The van der Waals surface area contributed by atoms with Gasteiger partial charge in [0.1, 0.15) is 12.4 Å². The van der Waals surface area contributed by atoms with Gasteiger partial charge in [-0.1, -0.05) is 74.5 Å². The molecule has 3 aromatic rings. The Bertz CT molecular complexity index is 1150. The Labute approximate surface area is 214 Å². The lowest BCUT2D eigenvalue weighted by Gasteiger charge is -2.29. The van der Waals surface area contributed by atoms with Crippen molar-refractivity contribution < 1.29 is 14.3 Å². The van der Waals surface area contributed by atoms with Crippen molar-refractivity contribution in [2.45, 2.75) is 46.5 Å². The van der Waals surface area contributed by atoms with Crippen LogP contribution in [0.15, 0.2) is 78.9 Å². The van der Waals surface area contributed by atoms with Gasteiger partial charge in [-0.15, -0.1) is 0 Å². The lowest BCUT2D eigenvalue weighted by molar-refractivity contribution is -0.127. The molecule has 188 valence electrons. The van der Waals surface area contributed by atoms with Crippen LogP contribution in [0.5, 0.6) is 5.75 Å². The van der Waals surface area contributed by atoms with E-state index in [4.69, 9.17) is 4.74 Å². The molecule has 0 saturated carbocycles. The van der Waals surface area contributed by atoms with Gasteiger partial charge in [0.05, 0.1) is 11.1 Å². The molecule has 2 amide bonds. The highest BCUT2D eigenvalue weighted by Gasteiger charge is 2.37. The smallest absolute Gasteiger partial charge is 0.236 e. The first kappa shape index (κ1) is 25.5. The Kier molecular flexibility index (Phi) is 7.78. The zero-order chi connectivity index (χ0) is 25.7. The minimum absolute atomic E-state index is 0.0404. The zero-order valence-electron chi connectivity index (χ0n) is 21.7. The van der Waals surface area contributed by atoms with Gasteiger partial charge in [0.2, 0.25) is 11.8 Å². The molecule has 1 N–H and O–H groups in total. The Morgan fingerprint density at radius 2 is 1.58 bits per heavy atom. The number of rotatable bonds is 8. The predicted octanol–water partition coefficient (Wildman–Crippen LogP) is 6.65. The molecule has 5 heteroatoms. The summed E-state index contributed by atoms with van der Waals surface area (Å²) in [6.07, 6.45) is 1.19. The molecule has 0 aliphatic carbocycles. The van der Waals surface area contributed by atoms with E-state index in [-0.39, 0.29) is 17.7 Å². The number of anilines is 2. The molecular formula is C31H36N2O3. The number of hydrogen-bond donors (Lipinski definition) is 1. The molecule has 0 radical (unpaired) electrons. The topological polar surface area (TPSA) is 58.6 Å². The van der Waals surface area contributed by atoms with Gasteiger partial charge in [-0.2, -0.15) is 0 Å². The van der Waals surface area contributed by atoms with Crippen molar-refractivity contribution in [3.05, 3.63) is 90.0 Å². The number of fused-ring (bicyclic) bond motifs is 1. The lowest BCUT2D eigenvalue weighted by atomic mass is 9.88. The highest BCUT2D eigenvalue weighted by Crippen LogP contribution is 2.39. The average Bonchev–Trinajstić information content (AvgIpc) is 2.96. The number of amides is 2. The van der Waals surface area contributed by atoms with E-state index in [0.29, 0.717) is 42.6 Å². The lowest BCUT2D eigenvalue weighted by Crippen LogP contribution is -2.42. The summed E-state index contributed by atoms with van der Waals surface area (Å²) in [5, 5.41) is 3.07. The second-order valence-corrected chi connectivity index (χ2v) is 10.6. The van der Waals surface area contributed by atoms with Crippen LogP contribution in [0, 0.1) is 11.3 Å². The van der Waals surface area contributed by atoms with Crippen molar-refractivity contribution in [2.75, 3.05) is 23.4 Å². The molecule has 3 aromatic carbocycles. The molecule has 0 saturated heterocycles. The number of benzene rings is 3. The summed E-state index contributed by atoms with van der Waals surface area (Å²) < 4.78 is 6.04. The molecule has 1 heterocycles. The van der Waals surface area contributed by atoms with Crippen molar-refractivity contribution in [1.29, 1.82) is 0 Å². The third-order valence-electron chi connectivity index (χ3n) is 6.67. The third kappa shape index (κ3) is 5.96. The SMILES string of the molecule is CC(C)CCN1C(=O)C(C)(C)COc2ccc(NC(=O)CC(c3ccccc3)c3ccccc3)cc21. The van der Waals surface area contributed by atoms with Gasteiger partial charge in [-0.3, -0.25) is 9.59 Å². The molecule has 0 spiro atoms. The van der Waals surface area contributed by atoms with E-state index in [1.807, 2.05) is 73.3 Å². The summed E-state index contributed by atoms with van der Waals surface area (Å²) in [4.78, 5) is 28.5. The van der Waals surface area contributed by atoms with Gasteiger partial charge < -0.3 is 15.0 Å². The summed E-state index contributed by atoms with van der Waals surface area (Å²) in [6, 6.07) is 25.8. The van der Waals surface area contributed by atoms with E-state index in [9.17, 15) is 9.59 Å². The molecule has 0 fully saturated rings. The first-order valence-electron chi connectivity index (χ1n) is 12.7. The molecule has 1 aliphatic rings. The van der Waals surface area contributed by atoms with Crippen LogP contribution in [0.25, 0.3) is 0 Å². The number of carbonyl (C=O) groups is 2. The van der Waals surface area contributed by atoms with E-state index >= 15 is 0 Å². The van der Waals surface area contributed by atoms with Gasteiger partial charge in [-0.05, 0) is 55.5 Å². The fourth-order valence-corrected chi connectivity index (χ4v) is 4.53. The van der Waals surface area contributed by atoms with Gasteiger partial charge in [0, 0.05) is 24.6 Å². The first-order valence-corrected chi connectivity index (χ1v) is 12.7. The van der Waals surface area contributed by atoms with Crippen LogP contribution >= 0.6 is 0 Å². The zero-order valence-corrected chi connectivity index (χ0v) is 21.7. The second kappa shape index (κ2) is 11.0. The fraction of sp³-hybridized carbons (Fsp3) is 0.355. The van der Waals surface area contributed by atoms with Crippen LogP contribution in [0.4, 0.5) is 11.4 Å². The van der Waals surface area contributed by atoms with E-state index in [0.717, 1.165) is 17.5 Å². The summed E-state index contributed by atoms with van der Waals surface area (Å²) in [6.45, 7) is 9.06. The van der Waals surface area contributed by atoms with Gasteiger partial charge in [0.15, 0.2) is 0 Å². The summed E-state index contributed by atoms with van der Waals surface area (Å²) in [7, 11) is 0. The summed E-state index contributed by atoms with van der Waals surface area (Å²) in [5.74, 6) is 1.04. The Balaban J connectivity index is 1.58. The van der Waals surface area contributed by atoms with Gasteiger partial charge in [0.25, 0.3) is 0 Å². The number of nitrogens with zero attached hydrogens (tertiary/aromatic N) is 1. The maximum Gasteiger partial charge on any atom is 0.236 e. The maximum absolute atomic E-state index is 13.4. The minimum Gasteiger partial charge on any atom is -0.490 e. The third-order valence-corrected chi connectivity index (χ3v) is 6.67. The molecule has 4 rings (SSSR count). The number of carbonyl (C=O) groups excluding carboxylic acids is 2. The van der Waals surface area contributed by atoms with Gasteiger partial charge in [-0.25, -0.2) is 0 Å². The molecule has 1 aliphatic heterocycles. The molecule has 0 atom stereocenters. The normalized spacial score (nSPS) is 14.8. The van der Waals surface area contributed by atoms with Crippen molar-refractivity contribution >= 4 is 23.2 Å². The quantitative estimate of drug-likeness (QED) is 0.390. The molecule has 0 unspecified atom stereocenters.